The summed E-state index contributed by atoms with van der Waals surface area (Å²) in [4.78, 5) is 3.38. The van der Waals surface area contributed by atoms with E-state index in [4.69, 9.17) is 18.9 Å². The van der Waals surface area contributed by atoms with E-state index in [-0.39, 0.29) is 23.0 Å². The Hall–Kier alpha value is -4.87. The third-order valence-electron chi connectivity index (χ3n) is 13.8. The molecule has 1 fully saturated rings. The van der Waals surface area contributed by atoms with E-state index in [9.17, 15) is 0 Å². The first-order chi connectivity index (χ1) is 34.2. The summed E-state index contributed by atoms with van der Waals surface area (Å²) in [6.45, 7) is 25.9. The van der Waals surface area contributed by atoms with Gasteiger partial charge in [-0.25, -0.2) is 0 Å². The van der Waals surface area contributed by atoms with Crippen LogP contribution in [-0.4, -0.2) is 50.4 Å². The number of hydrogen-bond acceptors (Lipinski definition) is 5. The summed E-state index contributed by atoms with van der Waals surface area (Å²) < 4.78 is 25.2. The standard InChI is InChI=1S/C28H33NO2.C16H25IO2.C12H9N.C8H17N/c1-27(2,3)18-28(4,5)20-15-16-26(31-19-30-6)25(17-20)29-23-13-9-7-11-21(23)22-12-8-10-14-24(22)29;1-15(2,3)10-16(4,5)12-7-8-14(13(17)9-12)19-11-18-6;1-3-7-11-9(5-1)10-6-2-4-8-12(10)13-11;1-7-5-3-4-6-8(7)9-2/h7-17H,18-19H2,1-6H3;7-9H,10-11H2,1-6H3;1-8,13H;7-9H,3-6H2,1-2H3/t;;;7-,8-/m...1/s1. The number of aromatic amines is 1. The van der Waals surface area contributed by atoms with Crippen LogP contribution in [0.4, 0.5) is 0 Å². The third-order valence-corrected chi connectivity index (χ3v) is 14.6. The fourth-order valence-electron chi connectivity index (χ4n) is 11.1. The van der Waals surface area contributed by atoms with Crippen molar-refractivity contribution in [2.75, 3.05) is 34.9 Å². The van der Waals surface area contributed by atoms with Gasteiger partial charge in [0.1, 0.15) is 11.5 Å². The van der Waals surface area contributed by atoms with E-state index >= 15 is 0 Å². The van der Waals surface area contributed by atoms with Gasteiger partial charge >= 0.3 is 0 Å². The van der Waals surface area contributed by atoms with Gasteiger partial charge in [0.2, 0.25) is 0 Å². The molecule has 6 aromatic carbocycles. The van der Waals surface area contributed by atoms with Gasteiger partial charge < -0.3 is 33.8 Å². The van der Waals surface area contributed by atoms with E-state index in [0.29, 0.717) is 12.2 Å². The molecule has 386 valence electrons. The Bertz CT molecular complexity index is 2870. The highest BCUT2D eigenvalue weighted by molar-refractivity contribution is 14.1. The molecule has 0 amide bonds. The molecule has 8 heteroatoms. The number of halogens is 1. The number of ether oxygens (including phenoxy) is 4. The first kappa shape index (κ1) is 56.4. The fraction of sp³-hybridized carbons (Fsp3) is 0.438. The van der Waals surface area contributed by atoms with Crippen LogP contribution in [0.25, 0.3) is 49.3 Å². The summed E-state index contributed by atoms with van der Waals surface area (Å²) in [6, 6.07) is 47.7. The minimum absolute atomic E-state index is 0.0333. The predicted molar refractivity (Wildman–Crippen MR) is 315 cm³/mol. The number of methoxy groups -OCH3 is 2. The first-order valence-corrected chi connectivity index (χ1v) is 27.0. The molecule has 0 bridgehead atoms. The molecule has 72 heavy (non-hydrogen) atoms. The fourth-order valence-corrected chi connectivity index (χ4v) is 11.8. The molecule has 2 heterocycles. The van der Waals surface area contributed by atoms with Crippen LogP contribution in [-0.2, 0) is 20.3 Å². The number of rotatable bonds is 12. The topological polar surface area (TPSA) is 69.7 Å². The van der Waals surface area contributed by atoms with Gasteiger partial charge in [0, 0.05) is 52.8 Å². The molecule has 9 rings (SSSR count). The number of aromatic nitrogens is 2. The average molecular weight is 1090 g/mol. The number of para-hydroxylation sites is 4. The lowest BCUT2D eigenvalue weighted by molar-refractivity contribution is 0.0504. The van der Waals surface area contributed by atoms with E-state index in [2.05, 4.69) is 248 Å². The highest BCUT2D eigenvalue weighted by Crippen LogP contribution is 2.42. The summed E-state index contributed by atoms with van der Waals surface area (Å²) in [5.74, 6) is 2.62. The molecule has 1 aliphatic carbocycles. The maximum absolute atomic E-state index is 6.03. The summed E-state index contributed by atoms with van der Waals surface area (Å²) in [7, 11) is 5.36. The minimum Gasteiger partial charge on any atom is -0.466 e. The second kappa shape index (κ2) is 24.9. The van der Waals surface area contributed by atoms with Crippen molar-refractivity contribution in [3.8, 4) is 17.2 Å². The van der Waals surface area contributed by atoms with Crippen molar-refractivity contribution >= 4 is 66.2 Å². The molecule has 8 aromatic rings. The molecule has 2 atom stereocenters. The van der Waals surface area contributed by atoms with Gasteiger partial charge in [-0.2, -0.15) is 0 Å². The normalized spacial score (nSPS) is 15.3. The lowest BCUT2D eigenvalue weighted by atomic mass is 9.72. The predicted octanol–water partition coefficient (Wildman–Crippen LogP) is 17.6. The summed E-state index contributed by atoms with van der Waals surface area (Å²) >= 11 is 2.32. The second-order valence-corrected chi connectivity index (χ2v) is 24.6. The largest absolute Gasteiger partial charge is 0.466 e. The van der Waals surface area contributed by atoms with Gasteiger partial charge in [0.15, 0.2) is 13.6 Å². The smallest absolute Gasteiger partial charge is 0.188 e. The molecule has 2 N–H and O–H groups in total. The monoisotopic (exact) mass is 1090 g/mol. The Labute approximate surface area is 445 Å². The van der Waals surface area contributed by atoms with E-state index in [1.807, 2.05) is 6.07 Å². The van der Waals surface area contributed by atoms with Crippen molar-refractivity contribution in [3.63, 3.8) is 0 Å². The Morgan fingerprint density at radius 2 is 0.986 bits per heavy atom. The molecule has 1 saturated carbocycles. The summed E-state index contributed by atoms with van der Waals surface area (Å²) in [6.07, 6.45) is 7.91. The Morgan fingerprint density at radius 1 is 0.556 bits per heavy atom. The molecule has 0 spiro atoms. The molecule has 0 radical (unpaired) electrons. The maximum Gasteiger partial charge on any atom is 0.188 e. The van der Waals surface area contributed by atoms with Gasteiger partial charge in [-0.3, -0.25) is 0 Å². The van der Waals surface area contributed by atoms with Crippen molar-refractivity contribution in [1.82, 2.24) is 14.9 Å². The van der Waals surface area contributed by atoms with Crippen LogP contribution in [0.5, 0.6) is 11.5 Å². The van der Waals surface area contributed by atoms with Gasteiger partial charge in [-0.15, -0.1) is 0 Å². The van der Waals surface area contributed by atoms with Crippen molar-refractivity contribution in [2.24, 2.45) is 16.7 Å². The maximum atomic E-state index is 6.03. The Balaban J connectivity index is 0.000000174. The zero-order valence-corrected chi connectivity index (χ0v) is 48.1. The lowest BCUT2D eigenvalue weighted by Crippen LogP contribution is -2.34. The number of hydrogen-bond donors (Lipinski definition) is 2. The quantitative estimate of drug-likeness (QED) is 0.0942. The van der Waals surface area contributed by atoms with Gasteiger partial charge in [0.05, 0.1) is 20.3 Å². The van der Waals surface area contributed by atoms with Crippen LogP contribution in [0.1, 0.15) is 126 Å². The zero-order chi connectivity index (χ0) is 52.3. The molecule has 0 aliphatic heterocycles. The molecule has 1 aliphatic rings. The number of nitrogens with zero attached hydrogens (tertiary/aromatic N) is 1. The van der Waals surface area contributed by atoms with E-state index in [1.54, 1.807) is 14.2 Å². The number of H-pyrrole nitrogens is 1. The van der Waals surface area contributed by atoms with Crippen LogP contribution in [0, 0.1) is 20.3 Å². The highest BCUT2D eigenvalue weighted by Gasteiger charge is 2.30. The minimum atomic E-state index is 0.0333. The van der Waals surface area contributed by atoms with Gasteiger partial charge in [-0.05, 0) is 143 Å². The summed E-state index contributed by atoms with van der Waals surface area (Å²) in [5.41, 5.74) is 9.25. The molecule has 0 unspecified atom stereocenters. The molecule has 2 aromatic heterocycles. The van der Waals surface area contributed by atoms with Crippen molar-refractivity contribution in [2.45, 2.75) is 132 Å². The van der Waals surface area contributed by atoms with Crippen LogP contribution >= 0.6 is 22.6 Å². The van der Waals surface area contributed by atoms with Crippen LogP contribution in [0.2, 0.25) is 0 Å². The van der Waals surface area contributed by atoms with E-state index in [0.717, 1.165) is 45.6 Å². The van der Waals surface area contributed by atoms with Crippen LogP contribution < -0.4 is 14.8 Å². The third kappa shape index (κ3) is 14.9. The SMILES string of the molecule is CN[C@@H]1CCCC[C@H]1C.COCOc1ccc(C(C)(C)CC(C)(C)C)cc1-n1c2ccccc2c2ccccc21.COCOc1ccc(C(C)(C)CC(C)(C)C)cc1I.c1ccc2c(c1)[nH]c1ccccc12. The second-order valence-electron chi connectivity index (χ2n) is 23.4. The lowest BCUT2D eigenvalue weighted by Gasteiger charge is -2.33. The number of benzene rings is 6. The van der Waals surface area contributed by atoms with E-state index < -0.39 is 0 Å². The number of nitrogens with one attached hydrogen (secondary N) is 2. The van der Waals surface area contributed by atoms with Crippen LogP contribution in [0.15, 0.2) is 133 Å². The first-order valence-electron chi connectivity index (χ1n) is 26.0. The zero-order valence-electron chi connectivity index (χ0n) is 46.0. The van der Waals surface area contributed by atoms with Crippen molar-refractivity contribution in [3.05, 3.63) is 148 Å². The highest BCUT2D eigenvalue weighted by atomic mass is 127. The summed E-state index contributed by atoms with van der Waals surface area (Å²) in [5, 5.41) is 8.45. The van der Waals surface area contributed by atoms with E-state index in [1.165, 1.54) is 80.4 Å². The van der Waals surface area contributed by atoms with Gasteiger partial charge in [0.25, 0.3) is 0 Å². The van der Waals surface area contributed by atoms with Crippen molar-refractivity contribution in [1.29, 1.82) is 0 Å². The number of fused-ring (bicyclic) bond motifs is 6. The van der Waals surface area contributed by atoms with Crippen molar-refractivity contribution < 1.29 is 18.9 Å². The molecular weight excluding hydrogens is 1000 g/mol. The van der Waals surface area contributed by atoms with Gasteiger partial charge in [-0.1, -0.05) is 174 Å². The van der Waals surface area contributed by atoms with Crippen LogP contribution in [0.3, 0.4) is 0 Å². The average Bonchev–Trinajstić information content (AvgIpc) is 3.88. The molecular formula is C64H84IN3O4. The Morgan fingerprint density at radius 3 is 1.43 bits per heavy atom. The molecule has 0 saturated heterocycles. The molecule has 7 nitrogen and oxygen atoms in total. The Kier molecular flexibility index (Phi) is 19.5.